The molecule has 0 fully saturated rings. The first kappa shape index (κ1) is 11.0. The van der Waals surface area contributed by atoms with Gasteiger partial charge >= 0.3 is 0 Å². The number of rotatable bonds is 5. The average Bonchev–Trinajstić information content (AvgIpc) is 2.15. The van der Waals surface area contributed by atoms with E-state index in [0.29, 0.717) is 17.1 Å². The average molecular weight is 214 g/mol. The van der Waals surface area contributed by atoms with Crippen molar-refractivity contribution in [3.8, 4) is 5.75 Å². The fraction of sp³-hybridized carbons (Fsp3) is 0.556. The van der Waals surface area contributed by atoms with Gasteiger partial charge in [0.15, 0.2) is 4.77 Å². The van der Waals surface area contributed by atoms with Crippen LogP contribution < -0.4 is 10.3 Å². The van der Waals surface area contributed by atoms with Crippen molar-refractivity contribution in [2.75, 3.05) is 6.61 Å². The van der Waals surface area contributed by atoms with E-state index in [4.69, 9.17) is 17.0 Å². The van der Waals surface area contributed by atoms with E-state index in [-0.39, 0.29) is 5.56 Å². The first-order valence-corrected chi connectivity index (χ1v) is 5.09. The fourth-order valence-electron chi connectivity index (χ4n) is 1.04. The quantitative estimate of drug-likeness (QED) is 0.582. The minimum absolute atomic E-state index is 0.273. The fourth-order valence-corrected chi connectivity index (χ4v) is 1.19. The molecule has 1 aromatic rings. The zero-order valence-electron chi connectivity index (χ0n) is 8.13. The number of hydrogen-bond acceptors (Lipinski definition) is 3. The maximum atomic E-state index is 11.2. The normalized spacial score (nSPS) is 10.1. The Labute approximate surface area is 87.3 Å². The Kier molecular flexibility index (Phi) is 4.39. The van der Waals surface area contributed by atoms with Crippen molar-refractivity contribution in [2.45, 2.75) is 26.2 Å². The zero-order valence-corrected chi connectivity index (χ0v) is 8.95. The van der Waals surface area contributed by atoms with E-state index in [1.54, 1.807) is 0 Å². The minimum atomic E-state index is -0.273. The number of aromatic nitrogens is 2. The lowest BCUT2D eigenvalue weighted by atomic mass is 10.3. The second-order valence-corrected chi connectivity index (χ2v) is 3.40. The Morgan fingerprint density at radius 1 is 1.50 bits per heavy atom. The van der Waals surface area contributed by atoms with E-state index in [2.05, 4.69) is 16.9 Å². The predicted molar refractivity (Wildman–Crippen MR) is 57.3 cm³/mol. The van der Waals surface area contributed by atoms with Crippen molar-refractivity contribution in [2.24, 2.45) is 0 Å². The summed E-state index contributed by atoms with van der Waals surface area (Å²) >= 11 is 4.75. The Hall–Kier alpha value is -1.10. The molecule has 0 saturated heterocycles. The predicted octanol–water partition coefficient (Wildman–Crippen LogP) is 2.00. The van der Waals surface area contributed by atoms with Gasteiger partial charge in [-0.15, -0.1) is 0 Å². The molecule has 0 radical (unpaired) electrons. The van der Waals surface area contributed by atoms with E-state index < -0.39 is 0 Å². The van der Waals surface area contributed by atoms with Gasteiger partial charge in [0, 0.05) is 0 Å². The van der Waals surface area contributed by atoms with Crippen LogP contribution in [0.3, 0.4) is 0 Å². The molecule has 0 saturated carbocycles. The molecule has 0 spiro atoms. The first-order valence-electron chi connectivity index (χ1n) is 4.69. The van der Waals surface area contributed by atoms with E-state index in [0.717, 1.165) is 19.3 Å². The van der Waals surface area contributed by atoms with Crippen LogP contribution in [0.2, 0.25) is 0 Å². The molecule has 1 rings (SSSR count). The number of H-pyrrole nitrogens is 2. The summed E-state index contributed by atoms with van der Waals surface area (Å²) in [6, 6.07) is 0. The summed E-state index contributed by atoms with van der Waals surface area (Å²) in [6.07, 6.45) is 4.70. The third-order valence-electron chi connectivity index (χ3n) is 1.79. The van der Waals surface area contributed by atoms with Crippen molar-refractivity contribution < 1.29 is 4.74 Å². The van der Waals surface area contributed by atoms with Gasteiger partial charge in [0.25, 0.3) is 5.56 Å². The monoisotopic (exact) mass is 214 g/mol. The molecule has 0 unspecified atom stereocenters. The van der Waals surface area contributed by atoms with Crippen LogP contribution in [0.25, 0.3) is 0 Å². The van der Waals surface area contributed by atoms with Crippen molar-refractivity contribution in [1.29, 1.82) is 0 Å². The molecular formula is C9H14N2O2S. The Morgan fingerprint density at radius 3 is 2.93 bits per heavy atom. The Bertz CT molecular complexity index is 383. The Morgan fingerprint density at radius 2 is 2.29 bits per heavy atom. The van der Waals surface area contributed by atoms with Crippen LogP contribution in [-0.4, -0.2) is 16.6 Å². The molecule has 0 aliphatic rings. The highest BCUT2D eigenvalue weighted by atomic mass is 32.1. The van der Waals surface area contributed by atoms with Gasteiger partial charge in [-0.05, 0) is 18.6 Å². The van der Waals surface area contributed by atoms with E-state index in [1.807, 2.05) is 0 Å². The van der Waals surface area contributed by atoms with Gasteiger partial charge in [-0.25, -0.2) is 0 Å². The maximum absolute atomic E-state index is 11.2. The minimum Gasteiger partial charge on any atom is -0.487 e. The summed E-state index contributed by atoms with van der Waals surface area (Å²) in [5, 5.41) is 0. The van der Waals surface area contributed by atoms with Gasteiger partial charge in [-0.2, -0.15) is 0 Å². The number of aromatic amines is 2. The molecule has 0 aromatic carbocycles. The van der Waals surface area contributed by atoms with E-state index >= 15 is 0 Å². The molecule has 5 heteroatoms. The summed E-state index contributed by atoms with van der Waals surface area (Å²) in [7, 11) is 0. The molecule has 1 heterocycles. The number of hydrogen-bond donors (Lipinski definition) is 2. The molecule has 0 bridgehead atoms. The zero-order chi connectivity index (χ0) is 10.4. The van der Waals surface area contributed by atoms with Crippen LogP contribution >= 0.6 is 12.2 Å². The third-order valence-corrected chi connectivity index (χ3v) is 2.01. The summed E-state index contributed by atoms with van der Waals surface area (Å²) in [6.45, 7) is 2.69. The van der Waals surface area contributed by atoms with Crippen molar-refractivity contribution in [3.05, 3.63) is 21.3 Å². The van der Waals surface area contributed by atoms with Crippen LogP contribution in [0.15, 0.2) is 11.0 Å². The second-order valence-electron chi connectivity index (χ2n) is 2.99. The summed E-state index contributed by atoms with van der Waals surface area (Å²) in [5.41, 5.74) is -0.273. The summed E-state index contributed by atoms with van der Waals surface area (Å²) < 4.78 is 5.59. The van der Waals surface area contributed by atoms with Crippen LogP contribution in [0.1, 0.15) is 26.2 Å². The van der Waals surface area contributed by atoms with Crippen molar-refractivity contribution in [3.63, 3.8) is 0 Å². The van der Waals surface area contributed by atoms with Gasteiger partial charge in [0.05, 0.1) is 12.8 Å². The highest BCUT2D eigenvalue weighted by molar-refractivity contribution is 7.71. The molecule has 0 aliphatic carbocycles. The largest absolute Gasteiger partial charge is 0.487 e. The molecule has 0 amide bonds. The maximum Gasteiger partial charge on any atom is 0.294 e. The molecule has 0 atom stereocenters. The Balaban J connectivity index is 2.51. The van der Waals surface area contributed by atoms with Gasteiger partial charge in [0.2, 0.25) is 5.75 Å². The molecule has 1 aromatic heterocycles. The lowest BCUT2D eigenvalue weighted by Gasteiger charge is -2.03. The third kappa shape index (κ3) is 3.33. The number of nitrogens with one attached hydrogen (secondary N) is 2. The van der Waals surface area contributed by atoms with E-state index in [1.165, 1.54) is 6.20 Å². The summed E-state index contributed by atoms with van der Waals surface area (Å²) in [5.74, 6) is 0.301. The van der Waals surface area contributed by atoms with Crippen LogP contribution in [0.5, 0.6) is 5.75 Å². The SMILES string of the molecule is CCCCCOc1c[nH]c(=S)[nH]c1=O. The standard InChI is InChI=1S/C9H14N2O2S/c1-2-3-4-5-13-7-6-10-9(14)11-8(7)12/h6H,2-5H2,1H3,(H2,10,11,12,14). The van der Waals surface area contributed by atoms with Gasteiger partial charge < -0.3 is 9.72 Å². The van der Waals surface area contributed by atoms with E-state index in [9.17, 15) is 4.79 Å². The lowest BCUT2D eigenvalue weighted by Crippen LogP contribution is -2.12. The first-order chi connectivity index (χ1) is 6.74. The molecule has 78 valence electrons. The topological polar surface area (TPSA) is 57.9 Å². The molecule has 2 N–H and O–H groups in total. The lowest BCUT2D eigenvalue weighted by molar-refractivity contribution is 0.300. The highest BCUT2D eigenvalue weighted by Crippen LogP contribution is 2.00. The van der Waals surface area contributed by atoms with Crippen molar-refractivity contribution >= 4 is 12.2 Å². The summed E-state index contributed by atoms with van der Waals surface area (Å²) in [4.78, 5) is 16.4. The number of unbranched alkanes of at least 4 members (excludes halogenated alkanes) is 2. The van der Waals surface area contributed by atoms with Crippen LogP contribution in [-0.2, 0) is 0 Å². The smallest absolute Gasteiger partial charge is 0.294 e. The van der Waals surface area contributed by atoms with Gasteiger partial charge in [-0.1, -0.05) is 19.8 Å². The molecule has 4 nitrogen and oxygen atoms in total. The number of ether oxygens (including phenoxy) is 1. The van der Waals surface area contributed by atoms with Gasteiger partial charge in [0.1, 0.15) is 0 Å². The highest BCUT2D eigenvalue weighted by Gasteiger charge is 1.98. The second kappa shape index (κ2) is 5.59. The molecule has 0 aliphatic heterocycles. The van der Waals surface area contributed by atoms with Gasteiger partial charge in [-0.3, -0.25) is 9.78 Å². The van der Waals surface area contributed by atoms with Crippen LogP contribution in [0.4, 0.5) is 0 Å². The van der Waals surface area contributed by atoms with Crippen LogP contribution in [0, 0.1) is 4.77 Å². The molecular weight excluding hydrogens is 200 g/mol. The molecule has 14 heavy (non-hydrogen) atoms. The van der Waals surface area contributed by atoms with Crippen molar-refractivity contribution in [1.82, 2.24) is 9.97 Å².